The van der Waals surface area contributed by atoms with Crippen molar-refractivity contribution in [2.45, 2.75) is 23.8 Å². The highest BCUT2D eigenvalue weighted by atomic mass is 32.2. The lowest BCUT2D eigenvalue weighted by molar-refractivity contribution is -0.385. The molecule has 0 aliphatic carbocycles. The summed E-state index contributed by atoms with van der Waals surface area (Å²) in [4.78, 5) is 30.8. The summed E-state index contributed by atoms with van der Waals surface area (Å²) < 4.78 is 31.2. The number of carbonyl (C=O) groups is 2. The third-order valence-corrected chi connectivity index (χ3v) is 3.69. The van der Waals surface area contributed by atoms with Gasteiger partial charge in [-0.05, 0) is 6.42 Å². The maximum atomic E-state index is 11.7. The van der Waals surface area contributed by atoms with Gasteiger partial charge in [0, 0.05) is 18.6 Å². The van der Waals surface area contributed by atoms with Crippen LogP contribution >= 0.6 is 0 Å². The maximum Gasteiger partial charge on any atom is 0.320 e. The van der Waals surface area contributed by atoms with E-state index in [0.29, 0.717) is 12.1 Å². The first-order chi connectivity index (χ1) is 10.9. The average molecular weight is 363 g/mol. The predicted molar refractivity (Wildman–Crippen MR) is 78.1 cm³/mol. The van der Waals surface area contributed by atoms with Crippen LogP contribution in [0.15, 0.2) is 17.0 Å². The van der Waals surface area contributed by atoms with Crippen LogP contribution in [0.5, 0.6) is 5.75 Å². The number of nitrogens with two attached hydrogens (primary N) is 1. The van der Waals surface area contributed by atoms with Gasteiger partial charge in [-0.3, -0.25) is 24.3 Å². The minimum Gasteiger partial charge on any atom is -0.504 e. The lowest BCUT2D eigenvalue weighted by Gasteiger charge is -2.11. The van der Waals surface area contributed by atoms with Crippen LogP contribution in [-0.2, 0) is 19.7 Å². The molecular weight excluding hydrogens is 350 g/mol. The molecule has 0 aliphatic heterocycles. The number of benzene rings is 1. The van der Waals surface area contributed by atoms with Crippen molar-refractivity contribution in [3.05, 3.63) is 22.2 Å². The standard InChI is InChI=1S/C11H13N3O9S/c12-6(11(17)18)1-2-9(15)13-7-3-5(14(19)20)4-8(10(7)16)24(21,22)23/h3-4,6,16H,1-2,12H2,(H,13,15)(H,17,18)(H,21,22,23). The first-order valence-corrected chi connectivity index (χ1v) is 7.64. The summed E-state index contributed by atoms with van der Waals surface area (Å²) in [6, 6.07) is -0.220. The summed E-state index contributed by atoms with van der Waals surface area (Å²) in [5.41, 5.74) is 3.76. The van der Waals surface area contributed by atoms with Crippen molar-refractivity contribution >= 4 is 33.4 Å². The van der Waals surface area contributed by atoms with Gasteiger partial charge in [-0.15, -0.1) is 0 Å². The van der Waals surface area contributed by atoms with Crippen LogP contribution in [0.25, 0.3) is 0 Å². The molecule has 0 heterocycles. The van der Waals surface area contributed by atoms with Gasteiger partial charge in [0.2, 0.25) is 5.91 Å². The van der Waals surface area contributed by atoms with Crippen molar-refractivity contribution in [1.82, 2.24) is 0 Å². The first kappa shape index (κ1) is 19.3. The summed E-state index contributed by atoms with van der Waals surface area (Å²) >= 11 is 0. The molecule has 12 nitrogen and oxygen atoms in total. The molecule has 1 amide bonds. The summed E-state index contributed by atoms with van der Waals surface area (Å²) in [7, 11) is -4.99. The van der Waals surface area contributed by atoms with Gasteiger partial charge in [0.25, 0.3) is 15.8 Å². The molecule has 132 valence electrons. The quantitative estimate of drug-likeness (QED) is 0.184. The van der Waals surface area contributed by atoms with E-state index in [1.54, 1.807) is 0 Å². The zero-order valence-electron chi connectivity index (χ0n) is 11.9. The van der Waals surface area contributed by atoms with E-state index in [-0.39, 0.29) is 6.42 Å². The van der Waals surface area contributed by atoms with E-state index in [4.69, 9.17) is 15.4 Å². The molecule has 0 saturated carbocycles. The maximum absolute atomic E-state index is 11.7. The second-order valence-corrected chi connectivity index (χ2v) is 5.99. The van der Waals surface area contributed by atoms with Gasteiger partial charge in [-0.2, -0.15) is 8.42 Å². The number of nitro groups is 1. The molecule has 1 rings (SSSR count). The molecule has 6 N–H and O–H groups in total. The number of anilines is 1. The fourth-order valence-corrected chi connectivity index (χ4v) is 2.24. The van der Waals surface area contributed by atoms with Gasteiger partial charge < -0.3 is 21.3 Å². The van der Waals surface area contributed by atoms with E-state index in [9.17, 15) is 33.2 Å². The molecule has 0 aliphatic rings. The summed E-state index contributed by atoms with van der Waals surface area (Å²) in [6.45, 7) is 0. The Morgan fingerprint density at radius 2 is 1.96 bits per heavy atom. The minimum absolute atomic E-state index is 0.262. The number of amides is 1. The van der Waals surface area contributed by atoms with E-state index in [0.717, 1.165) is 0 Å². The van der Waals surface area contributed by atoms with Gasteiger partial charge in [0.15, 0.2) is 5.75 Å². The Labute approximate surface area is 134 Å². The van der Waals surface area contributed by atoms with E-state index >= 15 is 0 Å². The number of non-ortho nitro benzene ring substituents is 1. The zero-order valence-corrected chi connectivity index (χ0v) is 12.7. The van der Waals surface area contributed by atoms with Crippen LogP contribution in [-0.4, -0.2) is 46.0 Å². The Morgan fingerprint density at radius 3 is 2.42 bits per heavy atom. The van der Waals surface area contributed by atoms with E-state index in [1.165, 1.54) is 0 Å². The summed E-state index contributed by atoms with van der Waals surface area (Å²) in [5.74, 6) is -3.31. The van der Waals surface area contributed by atoms with Gasteiger partial charge in [-0.1, -0.05) is 0 Å². The SMILES string of the molecule is NC(CCC(=O)Nc1cc([N+](=O)[O-])cc(S(=O)(=O)O)c1O)C(=O)O. The highest BCUT2D eigenvalue weighted by molar-refractivity contribution is 7.86. The highest BCUT2D eigenvalue weighted by Gasteiger charge is 2.25. The van der Waals surface area contributed by atoms with Crippen molar-refractivity contribution < 1.29 is 37.7 Å². The lowest BCUT2D eigenvalue weighted by atomic mass is 10.1. The van der Waals surface area contributed by atoms with Crippen LogP contribution in [0.3, 0.4) is 0 Å². The molecule has 0 aromatic heterocycles. The fraction of sp³-hybridized carbons (Fsp3) is 0.273. The number of hydrogen-bond acceptors (Lipinski definition) is 8. The van der Waals surface area contributed by atoms with Crippen LogP contribution in [0.4, 0.5) is 11.4 Å². The molecule has 24 heavy (non-hydrogen) atoms. The van der Waals surface area contributed by atoms with E-state index in [2.05, 4.69) is 0 Å². The van der Waals surface area contributed by atoms with Crippen molar-refractivity contribution in [3.63, 3.8) is 0 Å². The Bertz CT molecular complexity index is 790. The minimum atomic E-state index is -4.99. The lowest BCUT2D eigenvalue weighted by Crippen LogP contribution is -2.31. The third-order valence-electron chi connectivity index (χ3n) is 2.82. The van der Waals surface area contributed by atoms with E-state index in [1.807, 2.05) is 5.32 Å². The molecule has 13 heteroatoms. The monoisotopic (exact) mass is 363 g/mol. The van der Waals surface area contributed by atoms with Crippen molar-refractivity contribution in [2.75, 3.05) is 5.32 Å². The molecule has 1 aromatic carbocycles. The number of carbonyl (C=O) groups excluding carboxylic acids is 1. The number of carboxylic acids is 1. The smallest absolute Gasteiger partial charge is 0.320 e. The van der Waals surface area contributed by atoms with Crippen LogP contribution in [0, 0.1) is 10.1 Å². The zero-order chi connectivity index (χ0) is 18.7. The Hall–Kier alpha value is -2.77. The topological polar surface area (TPSA) is 210 Å². The number of rotatable bonds is 7. The summed E-state index contributed by atoms with van der Waals surface area (Å²) in [6.07, 6.45) is -0.668. The second-order valence-electron chi connectivity index (χ2n) is 4.60. The largest absolute Gasteiger partial charge is 0.504 e. The number of nitro benzene ring substituents is 1. The fourth-order valence-electron chi connectivity index (χ4n) is 1.61. The molecule has 1 atom stereocenters. The number of hydrogen-bond donors (Lipinski definition) is 5. The van der Waals surface area contributed by atoms with Gasteiger partial charge in [0.05, 0.1) is 10.6 Å². The Balaban J connectivity index is 3.11. The number of nitrogens with zero attached hydrogens (tertiary/aromatic N) is 1. The molecule has 0 spiro atoms. The van der Waals surface area contributed by atoms with Gasteiger partial charge in [0.1, 0.15) is 10.9 Å². The molecule has 0 fully saturated rings. The number of aliphatic carboxylic acids is 1. The average Bonchev–Trinajstić information content (AvgIpc) is 2.45. The number of phenolic OH excluding ortho intramolecular Hbond substituents is 1. The predicted octanol–water partition coefficient (Wildman–Crippen LogP) is -0.322. The number of phenols is 1. The highest BCUT2D eigenvalue weighted by Crippen LogP contribution is 2.35. The number of nitrogens with one attached hydrogen (secondary N) is 1. The van der Waals surface area contributed by atoms with Crippen molar-refractivity contribution in [2.24, 2.45) is 5.73 Å². The molecule has 0 radical (unpaired) electrons. The molecule has 1 aromatic rings. The summed E-state index contributed by atoms with van der Waals surface area (Å²) in [5, 5.41) is 31.1. The van der Waals surface area contributed by atoms with Crippen LogP contribution in [0.2, 0.25) is 0 Å². The van der Waals surface area contributed by atoms with Gasteiger partial charge in [-0.25, -0.2) is 0 Å². The normalized spacial score (nSPS) is 12.4. The molecule has 0 bridgehead atoms. The number of aromatic hydroxyl groups is 1. The third kappa shape index (κ3) is 4.87. The van der Waals surface area contributed by atoms with Crippen molar-refractivity contribution in [3.8, 4) is 5.75 Å². The van der Waals surface area contributed by atoms with Crippen molar-refractivity contribution in [1.29, 1.82) is 0 Å². The van der Waals surface area contributed by atoms with E-state index < -0.39 is 61.4 Å². The van der Waals surface area contributed by atoms with Crippen LogP contribution < -0.4 is 11.1 Å². The Morgan fingerprint density at radius 1 is 1.38 bits per heavy atom. The molecule has 0 saturated heterocycles. The first-order valence-electron chi connectivity index (χ1n) is 6.20. The molecular formula is C11H13N3O9S. The second kappa shape index (κ2) is 7.20. The Kier molecular flexibility index (Phi) is 5.78. The van der Waals surface area contributed by atoms with Crippen LogP contribution in [0.1, 0.15) is 12.8 Å². The van der Waals surface area contributed by atoms with Gasteiger partial charge >= 0.3 is 5.97 Å². The number of carboxylic acid groups (broad SMARTS) is 1. The molecule has 1 unspecified atom stereocenters.